The Morgan fingerprint density at radius 2 is 1.69 bits per heavy atom. The number of aliphatic hydroxyl groups excluding tert-OH is 1. The summed E-state index contributed by atoms with van der Waals surface area (Å²) in [6, 6.07) is 8.53. The van der Waals surface area contributed by atoms with E-state index in [1.807, 2.05) is 0 Å². The molecule has 0 saturated heterocycles. The predicted octanol–water partition coefficient (Wildman–Crippen LogP) is 4.95. The van der Waals surface area contributed by atoms with Crippen LogP contribution in [0.1, 0.15) is 70.8 Å². The molecule has 160 valence electrons. The molecule has 0 aliphatic heterocycles. The second-order valence-electron chi connectivity index (χ2n) is 9.92. The van der Waals surface area contributed by atoms with Gasteiger partial charge >= 0.3 is 0 Å². The summed E-state index contributed by atoms with van der Waals surface area (Å²) in [5.74, 6) is 2.39. The molecule has 2 N–H and O–H groups in total. The standard InChI is InChI=1S/C24H33NO2.CH4O/c1-16-10-17-12-18(11-16)14-24(2,13-17)20-6-8-21(9-7-20)25-23(27)22-5-3-4-19(22)15-26;1-2/h6-9,15-19,22H,3-5,10-14H2,1-2H3,(H,25,27);2H,1H3. The molecule has 1 aromatic carbocycles. The number of benzene rings is 1. The lowest BCUT2D eigenvalue weighted by atomic mass is 9.57. The molecule has 4 heteroatoms. The van der Waals surface area contributed by atoms with Crippen molar-refractivity contribution >= 4 is 17.9 Å². The van der Waals surface area contributed by atoms with E-state index in [9.17, 15) is 9.59 Å². The Labute approximate surface area is 175 Å². The van der Waals surface area contributed by atoms with Crippen molar-refractivity contribution in [1.29, 1.82) is 0 Å². The summed E-state index contributed by atoms with van der Waals surface area (Å²) in [7, 11) is 1.00. The summed E-state index contributed by atoms with van der Waals surface area (Å²) >= 11 is 0. The van der Waals surface area contributed by atoms with E-state index in [0.29, 0.717) is 0 Å². The van der Waals surface area contributed by atoms with Crippen molar-refractivity contribution in [3.63, 3.8) is 0 Å². The molecule has 4 atom stereocenters. The molecule has 3 aliphatic carbocycles. The van der Waals surface area contributed by atoms with E-state index in [1.54, 1.807) is 0 Å². The molecule has 3 aliphatic rings. The van der Waals surface area contributed by atoms with Gasteiger partial charge < -0.3 is 15.2 Å². The number of aldehydes is 1. The third-order valence-corrected chi connectivity index (χ3v) is 7.55. The molecule has 3 fully saturated rings. The van der Waals surface area contributed by atoms with Crippen LogP contribution in [0.15, 0.2) is 24.3 Å². The Hall–Kier alpha value is -1.68. The van der Waals surface area contributed by atoms with Crippen LogP contribution in [0.3, 0.4) is 0 Å². The zero-order valence-electron chi connectivity index (χ0n) is 18.2. The monoisotopic (exact) mass is 399 g/mol. The Balaban J connectivity index is 0.00000117. The third kappa shape index (κ3) is 4.91. The van der Waals surface area contributed by atoms with Crippen molar-refractivity contribution in [3.8, 4) is 0 Å². The van der Waals surface area contributed by atoms with Crippen LogP contribution in [0.2, 0.25) is 0 Å². The molecule has 2 bridgehead atoms. The molecule has 4 rings (SSSR count). The second kappa shape index (κ2) is 9.42. The first-order chi connectivity index (χ1) is 14.0. The lowest BCUT2D eigenvalue weighted by Crippen LogP contribution is -2.38. The lowest BCUT2D eigenvalue weighted by Gasteiger charge is -2.47. The summed E-state index contributed by atoms with van der Waals surface area (Å²) in [5, 5.41) is 10.0. The molecule has 29 heavy (non-hydrogen) atoms. The summed E-state index contributed by atoms with van der Waals surface area (Å²) < 4.78 is 0. The number of fused-ring (bicyclic) bond motifs is 2. The van der Waals surface area contributed by atoms with E-state index in [1.165, 1.54) is 37.7 Å². The van der Waals surface area contributed by atoms with Crippen LogP contribution in [0.25, 0.3) is 0 Å². The first-order valence-electron chi connectivity index (χ1n) is 11.3. The molecule has 0 spiro atoms. The van der Waals surface area contributed by atoms with E-state index in [2.05, 4.69) is 43.4 Å². The van der Waals surface area contributed by atoms with Crippen LogP contribution in [0.5, 0.6) is 0 Å². The predicted molar refractivity (Wildman–Crippen MR) is 117 cm³/mol. The molecule has 3 saturated carbocycles. The molecule has 1 aromatic rings. The fourth-order valence-corrected chi connectivity index (χ4v) is 6.49. The second-order valence-corrected chi connectivity index (χ2v) is 9.92. The molecule has 4 unspecified atom stereocenters. The van der Waals surface area contributed by atoms with E-state index in [-0.39, 0.29) is 23.2 Å². The van der Waals surface area contributed by atoms with E-state index in [4.69, 9.17) is 5.11 Å². The lowest BCUT2D eigenvalue weighted by molar-refractivity contribution is -0.124. The minimum Gasteiger partial charge on any atom is -0.400 e. The van der Waals surface area contributed by atoms with Crippen molar-refractivity contribution in [2.75, 3.05) is 12.4 Å². The highest BCUT2D eigenvalue weighted by molar-refractivity contribution is 5.94. The van der Waals surface area contributed by atoms with Gasteiger partial charge in [-0.1, -0.05) is 32.4 Å². The first-order valence-corrected chi connectivity index (χ1v) is 11.3. The maximum absolute atomic E-state index is 12.5. The largest absolute Gasteiger partial charge is 0.400 e. The Bertz CT molecular complexity index is 681. The van der Waals surface area contributed by atoms with Gasteiger partial charge in [0.2, 0.25) is 5.91 Å². The van der Waals surface area contributed by atoms with Gasteiger partial charge in [-0.05, 0) is 85.8 Å². The average molecular weight is 400 g/mol. The number of amides is 1. The molecule has 0 radical (unpaired) electrons. The highest BCUT2D eigenvalue weighted by Gasteiger charge is 2.41. The van der Waals surface area contributed by atoms with E-state index >= 15 is 0 Å². The van der Waals surface area contributed by atoms with Crippen LogP contribution in [-0.4, -0.2) is 24.4 Å². The van der Waals surface area contributed by atoms with Gasteiger partial charge in [-0.2, -0.15) is 0 Å². The topological polar surface area (TPSA) is 66.4 Å². The van der Waals surface area contributed by atoms with Crippen LogP contribution in [0.4, 0.5) is 5.69 Å². The zero-order chi connectivity index (χ0) is 21.0. The highest BCUT2D eigenvalue weighted by Crippen LogP contribution is 2.51. The van der Waals surface area contributed by atoms with Gasteiger partial charge in [0.1, 0.15) is 6.29 Å². The maximum Gasteiger partial charge on any atom is 0.228 e. The summed E-state index contributed by atoms with van der Waals surface area (Å²) in [6.07, 6.45) is 10.4. The van der Waals surface area contributed by atoms with Gasteiger partial charge in [-0.15, -0.1) is 0 Å². The number of hydrogen-bond acceptors (Lipinski definition) is 3. The summed E-state index contributed by atoms with van der Waals surface area (Å²) in [5.41, 5.74) is 2.54. The SMILES string of the molecule is CC1CC2CC(C1)CC(C)(c1ccc(NC(=O)C3CCCC3C=O)cc1)C2.CO. The summed E-state index contributed by atoms with van der Waals surface area (Å²) in [6.45, 7) is 4.85. The van der Waals surface area contributed by atoms with Gasteiger partial charge in [-0.25, -0.2) is 0 Å². The minimum absolute atomic E-state index is 0.00440. The molecule has 4 nitrogen and oxygen atoms in total. The van der Waals surface area contributed by atoms with Gasteiger partial charge in [-0.3, -0.25) is 4.79 Å². The van der Waals surface area contributed by atoms with Crippen molar-refractivity contribution in [2.24, 2.45) is 29.6 Å². The highest BCUT2D eigenvalue weighted by atomic mass is 16.2. The normalized spacial score (nSPS) is 35.9. The van der Waals surface area contributed by atoms with Gasteiger partial charge in [0, 0.05) is 24.6 Å². The van der Waals surface area contributed by atoms with Crippen LogP contribution >= 0.6 is 0 Å². The molecule has 1 amide bonds. The van der Waals surface area contributed by atoms with Gasteiger partial charge in [0.25, 0.3) is 0 Å². The Morgan fingerprint density at radius 3 is 2.28 bits per heavy atom. The first kappa shape index (κ1) is 22.0. The van der Waals surface area contributed by atoms with Crippen molar-refractivity contribution in [2.45, 2.75) is 70.6 Å². The van der Waals surface area contributed by atoms with Crippen molar-refractivity contribution in [3.05, 3.63) is 29.8 Å². The number of nitrogens with one attached hydrogen (secondary N) is 1. The van der Waals surface area contributed by atoms with Crippen LogP contribution in [0, 0.1) is 29.6 Å². The van der Waals surface area contributed by atoms with Crippen molar-refractivity contribution in [1.82, 2.24) is 0 Å². The smallest absolute Gasteiger partial charge is 0.228 e. The van der Waals surface area contributed by atoms with E-state index in [0.717, 1.165) is 56.1 Å². The van der Waals surface area contributed by atoms with Crippen LogP contribution in [-0.2, 0) is 15.0 Å². The average Bonchev–Trinajstić information content (AvgIpc) is 3.18. The number of anilines is 1. The van der Waals surface area contributed by atoms with Crippen molar-refractivity contribution < 1.29 is 14.7 Å². The summed E-state index contributed by atoms with van der Waals surface area (Å²) in [4.78, 5) is 23.7. The number of rotatable bonds is 4. The minimum atomic E-state index is -0.153. The van der Waals surface area contributed by atoms with Gasteiger partial charge in [0.15, 0.2) is 0 Å². The third-order valence-electron chi connectivity index (χ3n) is 7.55. The van der Waals surface area contributed by atoms with Crippen LogP contribution < -0.4 is 5.32 Å². The fourth-order valence-electron chi connectivity index (χ4n) is 6.49. The van der Waals surface area contributed by atoms with E-state index < -0.39 is 0 Å². The molecule has 0 heterocycles. The number of carbonyl (C=O) groups excluding carboxylic acids is 2. The molecule has 0 aromatic heterocycles. The maximum atomic E-state index is 12.5. The zero-order valence-corrected chi connectivity index (χ0v) is 18.2. The number of carbonyl (C=O) groups is 2. The molecular formula is C25H37NO3. The van der Waals surface area contributed by atoms with Gasteiger partial charge in [0.05, 0.1) is 0 Å². The number of hydrogen-bond donors (Lipinski definition) is 2. The Morgan fingerprint density at radius 1 is 1.07 bits per heavy atom. The molecular weight excluding hydrogens is 362 g/mol. The quantitative estimate of drug-likeness (QED) is 0.704. The Kier molecular flexibility index (Phi) is 7.15. The fraction of sp³-hybridized carbons (Fsp3) is 0.680. The number of aliphatic hydroxyl groups is 1.